The molecular formula is C51H54N4O2Pt. The predicted molar refractivity (Wildman–Crippen MR) is 239 cm³/mol. The number of rotatable bonds is 10. The maximum absolute atomic E-state index is 11.5. The van der Waals surface area contributed by atoms with Gasteiger partial charge in [-0.15, -0.1) is 13.3 Å². The van der Waals surface area contributed by atoms with E-state index in [9.17, 15) is 10.2 Å². The van der Waals surface area contributed by atoms with Crippen LogP contribution < -0.4 is 19.6 Å². The zero-order valence-electron chi connectivity index (χ0n) is 34.7. The molecule has 0 bridgehead atoms. The molecule has 0 amide bonds. The van der Waals surface area contributed by atoms with Crippen LogP contribution in [0.2, 0.25) is 0 Å². The second kappa shape index (κ2) is 16.6. The second-order valence-corrected chi connectivity index (χ2v) is 16.7. The average Bonchev–Trinajstić information content (AvgIpc) is 3.76. The molecule has 2 N–H and O–H groups in total. The number of benzene rings is 6. The minimum Gasteiger partial charge on any atom is -0.506 e. The molecule has 0 unspecified atom stereocenters. The van der Waals surface area contributed by atoms with Gasteiger partial charge in [0.15, 0.2) is 0 Å². The second-order valence-electron chi connectivity index (χ2n) is 16.7. The predicted octanol–water partition coefficient (Wildman–Crippen LogP) is 13.7. The molecule has 7 heteroatoms. The van der Waals surface area contributed by atoms with Crippen LogP contribution in [0.4, 0.5) is 34.1 Å². The third-order valence-corrected chi connectivity index (χ3v) is 11.5. The van der Waals surface area contributed by atoms with Crippen molar-refractivity contribution in [2.75, 3.05) is 26.3 Å². The average molecular weight is 950 g/mol. The summed E-state index contributed by atoms with van der Waals surface area (Å²) in [6, 6.07) is 42.0. The van der Waals surface area contributed by atoms with Crippen LogP contribution in [0, 0.1) is 13.3 Å². The molecule has 300 valence electrons. The van der Waals surface area contributed by atoms with E-state index in [0.717, 1.165) is 45.3 Å². The molecular weight excluding hydrogens is 896 g/mol. The normalized spacial score (nSPS) is 13.6. The fourth-order valence-electron chi connectivity index (χ4n) is 8.64. The molecule has 8 rings (SSSR count). The molecule has 2 aliphatic heterocycles. The summed E-state index contributed by atoms with van der Waals surface area (Å²) < 4.78 is 0. The summed E-state index contributed by atoms with van der Waals surface area (Å²) in [5.41, 5.74) is 15.4. The van der Waals surface area contributed by atoms with Gasteiger partial charge < -0.3 is 29.8 Å². The van der Waals surface area contributed by atoms with Crippen molar-refractivity contribution < 1.29 is 31.3 Å². The minimum absolute atomic E-state index is 0. The number of phenolic OH excluding ortho intramolecular Hbond substituents is 2. The summed E-state index contributed by atoms with van der Waals surface area (Å²) in [5.74, 6) is 1.84. The quantitative estimate of drug-likeness (QED) is 0.133. The van der Waals surface area contributed by atoms with Crippen molar-refractivity contribution in [1.82, 2.24) is 0 Å². The molecule has 0 saturated carbocycles. The van der Waals surface area contributed by atoms with Crippen molar-refractivity contribution in [3.8, 4) is 33.8 Å². The topological polar surface area (TPSA) is 53.4 Å². The number of anilines is 6. The van der Waals surface area contributed by atoms with E-state index < -0.39 is 0 Å². The van der Waals surface area contributed by atoms with Gasteiger partial charge in [0.2, 0.25) is 0 Å². The van der Waals surface area contributed by atoms with Crippen LogP contribution >= 0.6 is 0 Å². The van der Waals surface area contributed by atoms with Gasteiger partial charge in [-0.2, -0.15) is 0 Å². The number of aromatic hydroxyl groups is 2. The van der Waals surface area contributed by atoms with Gasteiger partial charge in [-0.25, -0.2) is 0 Å². The van der Waals surface area contributed by atoms with E-state index in [0.29, 0.717) is 30.3 Å². The maximum atomic E-state index is 11.5. The molecule has 0 radical (unpaired) electrons. The Kier molecular flexibility index (Phi) is 11.7. The molecule has 0 atom stereocenters. The largest absolute Gasteiger partial charge is 2.00 e. The van der Waals surface area contributed by atoms with Gasteiger partial charge in [0.25, 0.3) is 0 Å². The minimum atomic E-state index is 0. The van der Waals surface area contributed by atoms with Gasteiger partial charge in [0.05, 0.1) is 11.4 Å². The van der Waals surface area contributed by atoms with Gasteiger partial charge in [-0.3, -0.25) is 0 Å². The third-order valence-electron chi connectivity index (χ3n) is 11.5. The molecule has 58 heavy (non-hydrogen) atoms. The van der Waals surface area contributed by atoms with E-state index in [1.807, 2.05) is 36.4 Å². The Morgan fingerprint density at radius 2 is 0.741 bits per heavy atom. The molecule has 0 fully saturated rings. The van der Waals surface area contributed by atoms with Crippen LogP contribution in [0.1, 0.15) is 101 Å². The van der Waals surface area contributed by atoms with Crippen molar-refractivity contribution in [2.45, 2.75) is 79.1 Å². The molecule has 0 spiro atoms. The number of phenols is 2. The van der Waals surface area contributed by atoms with E-state index >= 15 is 0 Å². The Labute approximate surface area is 359 Å². The Hall–Kier alpha value is -5.19. The Balaban J connectivity index is 0.00000512. The van der Waals surface area contributed by atoms with E-state index in [4.69, 9.17) is 0 Å². The summed E-state index contributed by atoms with van der Waals surface area (Å²) in [4.78, 5) is 8.66. The van der Waals surface area contributed by atoms with E-state index in [1.165, 1.54) is 33.4 Å². The number of hydrogen-bond donors (Lipinski definition) is 2. The van der Waals surface area contributed by atoms with Crippen molar-refractivity contribution in [3.05, 3.63) is 157 Å². The summed E-state index contributed by atoms with van der Waals surface area (Å²) >= 11 is 0. The van der Waals surface area contributed by atoms with Crippen LogP contribution in [-0.2, 0) is 21.1 Å². The zero-order valence-corrected chi connectivity index (χ0v) is 37.0. The number of nitrogens with zero attached hydrogens (tertiary/aromatic N) is 4. The molecule has 6 aromatic carbocycles. The van der Waals surface area contributed by atoms with Gasteiger partial charge in [-0.05, 0) is 117 Å². The monoisotopic (exact) mass is 949 g/mol. The number of fused-ring (bicyclic) bond motifs is 2. The fourth-order valence-corrected chi connectivity index (χ4v) is 8.64. The number of hydrogen-bond acceptors (Lipinski definition) is 6. The van der Waals surface area contributed by atoms with E-state index in [-0.39, 0.29) is 32.6 Å². The molecule has 0 aromatic heterocycles. The van der Waals surface area contributed by atoms with Gasteiger partial charge >= 0.3 is 21.1 Å². The third kappa shape index (κ3) is 7.37. The SMILES string of the molecule is CC(C)c1cccc(C(C)C)c1-c1ccc(O)c(N2[CH-]N(CN3[CH-]N(c4cc(-c5c(C(C)C)cccc5C(C)C)ccc4O)c4ccccc43)c3ccccc32)c1.[Pt+2]. The maximum Gasteiger partial charge on any atom is 2.00 e. The van der Waals surface area contributed by atoms with E-state index in [2.05, 4.69) is 173 Å². The Morgan fingerprint density at radius 1 is 0.414 bits per heavy atom. The first-order chi connectivity index (χ1) is 27.4. The van der Waals surface area contributed by atoms with E-state index in [1.54, 1.807) is 0 Å². The molecule has 0 saturated heterocycles. The molecule has 0 aliphatic carbocycles. The first-order valence-corrected chi connectivity index (χ1v) is 20.3. The zero-order chi connectivity index (χ0) is 40.1. The summed E-state index contributed by atoms with van der Waals surface area (Å²) in [5, 5.41) is 23.0. The summed E-state index contributed by atoms with van der Waals surface area (Å²) in [6.45, 7) is 22.6. The van der Waals surface area contributed by atoms with Crippen molar-refractivity contribution >= 4 is 34.1 Å². The molecule has 6 nitrogen and oxygen atoms in total. The van der Waals surface area contributed by atoms with Gasteiger partial charge in [0.1, 0.15) is 11.5 Å². The first kappa shape index (κ1) is 41.0. The summed E-state index contributed by atoms with van der Waals surface area (Å²) in [7, 11) is 0. The number of para-hydroxylation sites is 4. The van der Waals surface area contributed by atoms with Crippen LogP contribution in [-0.4, -0.2) is 16.9 Å². The molecule has 2 heterocycles. The Morgan fingerprint density at radius 3 is 1.07 bits per heavy atom. The van der Waals surface area contributed by atoms with Crippen molar-refractivity contribution in [1.29, 1.82) is 0 Å². The Bertz CT molecular complexity index is 2220. The van der Waals surface area contributed by atoms with Crippen molar-refractivity contribution in [2.24, 2.45) is 0 Å². The molecule has 2 aliphatic rings. The van der Waals surface area contributed by atoms with Crippen LogP contribution in [0.5, 0.6) is 11.5 Å². The van der Waals surface area contributed by atoms with Gasteiger partial charge in [0, 0.05) is 29.4 Å². The van der Waals surface area contributed by atoms with Crippen LogP contribution in [0.3, 0.4) is 0 Å². The molecule has 6 aromatic rings. The summed E-state index contributed by atoms with van der Waals surface area (Å²) in [6.07, 6.45) is 0. The first-order valence-electron chi connectivity index (χ1n) is 20.3. The van der Waals surface area contributed by atoms with Gasteiger partial charge in [-0.1, -0.05) is 128 Å². The fraction of sp³-hybridized carbons (Fsp3) is 0.255. The van der Waals surface area contributed by atoms with Crippen molar-refractivity contribution in [3.63, 3.8) is 0 Å². The smallest absolute Gasteiger partial charge is 0.506 e. The standard InChI is InChI=1S/C51H54N4O2.Pt/c1-32(2)38-15-13-16-39(33(3)4)50(38)36-23-25-48(56)46(27-36)54-30-52(42-19-9-11-21-44(42)54)29-53-31-55(45-22-12-10-20-43(45)53)47-28-37(24-26-49(47)57)51-40(34(5)6)17-14-18-41(51)35(7)8;/h9-28,30-35,56-57H,29H2,1-8H3;/q-2;+2. The van der Waals surface area contributed by atoms with Crippen LogP contribution in [0.15, 0.2) is 121 Å². The van der Waals surface area contributed by atoms with Crippen LogP contribution in [0.25, 0.3) is 22.3 Å².